The first kappa shape index (κ1) is 16.5. The highest BCUT2D eigenvalue weighted by molar-refractivity contribution is 14.1. The Hall–Kier alpha value is 0.0700. The van der Waals surface area contributed by atoms with Crippen LogP contribution in [0.2, 0.25) is 0 Å². The van der Waals surface area contributed by atoms with Crippen LogP contribution in [0.1, 0.15) is 26.7 Å². The Kier molecular flexibility index (Phi) is 15.4. The van der Waals surface area contributed by atoms with Crippen LogP contribution in [0, 0.1) is 0 Å². The van der Waals surface area contributed by atoms with E-state index in [0.717, 1.165) is 3.92 Å². The molecule has 0 atom stereocenters. The number of aliphatic imine (C=N–C) groups is 1. The van der Waals surface area contributed by atoms with Crippen molar-refractivity contribution in [3.63, 3.8) is 0 Å². The molecule has 4 heteroatoms. The lowest BCUT2D eigenvalue weighted by Gasteiger charge is -2.01. The first-order chi connectivity index (χ1) is 6.54. The van der Waals surface area contributed by atoms with Gasteiger partial charge in [0.15, 0.2) is 0 Å². The van der Waals surface area contributed by atoms with Gasteiger partial charge in [-0.2, -0.15) is 0 Å². The molecule has 1 heterocycles. The topological polar surface area (TPSA) is 32.7 Å². The van der Waals surface area contributed by atoms with E-state index >= 15 is 0 Å². The average Bonchev–Trinajstić information content (AvgIpc) is 2.55. The lowest BCUT2D eigenvalue weighted by molar-refractivity contribution is 0.418. The van der Waals surface area contributed by atoms with Crippen LogP contribution in [0.25, 0.3) is 0 Å². The van der Waals surface area contributed by atoms with Crippen LogP contribution in [0.5, 0.6) is 0 Å². The van der Waals surface area contributed by atoms with E-state index in [1.165, 1.54) is 39.1 Å². The molecule has 0 radical (unpaired) electrons. The molecule has 0 aromatic heterocycles. The van der Waals surface area contributed by atoms with Crippen LogP contribution in [-0.2, 0) is 4.79 Å². The molecule has 0 spiro atoms. The summed E-state index contributed by atoms with van der Waals surface area (Å²) in [6.45, 7) is 6.95. The van der Waals surface area contributed by atoms with Gasteiger partial charge in [0, 0.05) is 11.0 Å². The number of likely N-dealkylation sites (tertiary alicyclic amines) is 1. The Balaban J connectivity index is 0. The molecule has 0 aromatic rings. The maximum absolute atomic E-state index is 8.88. The fourth-order valence-corrected chi connectivity index (χ4v) is 0.875. The fraction of sp³-hybridized carbons (Fsp3) is 0.900. The number of halogens is 1. The first-order valence-corrected chi connectivity index (χ1v) is 6.07. The van der Waals surface area contributed by atoms with Crippen molar-refractivity contribution in [2.75, 3.05) is 27.2 Å². The Morgan fingerprint density at radius 3 is 1.71 bits per heavy atom. The van der Waals surface area contributed by atoms with Crippen LogP contribution in [-0.4, -0.2) is 42.1 Å². The third-order valence-corrected chi connectivity index (χ3v) is 1.42. The van der Waals surface area contributed by atoms with Crippen LogP contribution >= 0.6 is 22.6 Å². The van der Waals surface area contributed by atoms with Gasteiger partial charge in [-0.1, -0.05) is 36.4 Å². The molecule has 14 heavy (non-hydrogen) atoms. The molecule has 0 N–H and O–H groups in total. The van der Waals surface area contributed by atoms with Gasteiger partial charge in [-0.25, -0.2) is 9.79 Å². The van der Waals surface area contributed by atoms with E-state index in [1.54, 1.807) is 0 Å². The number of rotatable bonds is 0. The number of carbonyl (C=O) groups excluding carboxylic acids is 1. The normalized spacial score (nSPS) is 14.7. The predicted molar refractivity (Wildman–Crippen MR) is 69.9 cm³/mol. The molecule has 84 valence electrons. The van der Waals surface area contributed by atoms with Crippen molar-refractivity contribution in [3.8, 4) is 0 Å². The Morgan fingerprint density at radius 1 is 1.36 bits per heavy atom. The number of isocyanates is 1. The molecule has 0 saturated carbocycles. The Labute approximate surface area is 101 Å². The highest BCUT2D eigenvalue weighted by atomic mass is 127. The maximum atomic E-state index is 8.88. The molecule has 1 aliphatic rings. The van der Waals surface area contributed by atoms with E-state index in [4.69, 9.17) is 4.79 Å². The fourth-order valence-electron chi connectivity index (χ4n) is 0.875. The van der Waals surface area contributed by atoms with Gasteiger partial charge in [-0.15, -0.1) is 0 Å². The smallest absolute Gasteiger partial charge is 0.234 e. The summed E-state index contributed by atoms with van der Waals surface area (Å²) < 4.78 is 0.803. The van der Waals surface area contributed by atoms with Crippen molar-refractivity contribution < 1.29 is 4.79 Å². The van der Waals surface area contributed by atoms with Gasteiger partial charge >= 0.3 is 0 Å². The third-order valence-electron chi connectivity index (χ3n) is 1.42. The molecule has 1 rings (SSSR count). The number of hydrogen-bond acceptors (Lipinski definition) is 3. The molecule has 0 bridgehead atoms. The summed E-state index contributed by atoms with van der Waals surface area (Å²) in [5.41, 5.74) is 0. The van der Waals surface area contributed by atoms with E-state index in [-0.39, 0.29) is 0 Å². The number of nitrogens with zero attached hydrogens (tertiary/aromatic N) is 2. The molecule has 0 amide bonds. The van der Waals surface area contributed by atoms with Gasteiger partial charge in [0.05, 0.1) is 0 Å². The standard InChI is InChI=1S/C5H11N.C3H7I.C2H3NO/c1-6-4-2-3-5-6;1-3(2)4;1-3-2-4/h2-5H2,1H3;3H,1-2H3;1H3. The summed E-state index contributed by atoms with van der Waals surface area (Å²) in [7, 11) is 3.56. The van der Waals surface area contributed by atoms with E-state index in [9.17, 15) is 0 Å². The molecular formula is C10H21IN2O. The van der Waals surface area contributed by atoms with Gasteiger partial charge in [-0.3, -0.25) is 0 Å². The van der Waals surface area contributed by atoms with E-state index in [0.29, 0.717) is 0 Å². The molecule has 0 aromatic carbocycles. The van der Waals surface area contributed by atoms with E-state index in [1.807, 2.05) is 0 Å². The van der Waals surface area contributed by atoms with Crippen LogP contribution < -0.4 is 0 Å². The zero-order valence-corrected chi connectivity index (χ0v) is 11.7. The number of hydrogen-bond donors (Lipinski definition) is 0. The lowest BCUT2D eigenvalue weighted by atomic mass is 10.4. The summed E-state index contributed by atoms with van der Waals surface area (Å²) in [5, 5.41) is 0. The summed E-state index contributed by atoms with van der Waals surface area (Å²) in [4.78, 5) is 14.2. The lowest BCUT2D eigenvalue weighted by Crippen LogP contribution is -2.10. The van der Waals surface area contributed by atoms with Crippen LogP contribution in [0.4, 0.5) is 0 Å². The summed E-state index contributed by atoms with van der Waals surface area (Å²) in [6.07, 6.45) is 4.13. The van der Waals surface area contributed by atoms with Crippen molar-refractivity contribution in [2.45, 2.75) is 30.6 Å². The molecule has 3 nitrogen and oxygen atoms in total. The van der Waals surface area contributed by atoms with Gasteiger partial charge in [-0.05, 0) is 33.0 Å². The molecule has 1 saturated heterocycles. The quantitative estimate of drug-likeness (QED) is 0.298. The maximum Gasteiger partial charge on any atom is 0.234 e. The molecule has 1 fully saturated rings. The number of alkyl halides is 1. The van der Waals surface area contributed by atoms with Crippen molar-refractivity contribution in [2.24, 2.45) is 4.99 Å². The Bertz CT molecular complexity index is 147. The largest absolute Gasteiger partial charge is 0.306 e. The minimum atomic E-state index is 0.803. The van der Waals surface area contributed by atoms with E-state index < -0.39 is 0 Å². The van der Waals surface area contributed by atoms with Crippen LogP contribution in [0.3, 0.4) is 0 Å². The average molecular weight is 312 g/mol. The molecule has 0 unspecified atom stereocenters. The van der Waals surface area contributed by atoms with Crippen molar-refractivity contribution in [3.05, 3.63) is 0 Å². The monoisotopic (exact) mass is 312 g/mol. The third kappa shape index (κ3) is 22.7. The van der Waals surface area contributed by atoms with Gasteiger partial charge in [0.25, 0.3) is 0 Å². The highest BCUT2D eigenvalue weighted by Crippen LogP contribution is 2.02. The van der Waals surface area contributed by atoms with Crippen molar-refractivity contribution in [1.82, 2.24) is 4.90 Å². The Morgan fingerprint density at radius 2 is 1.64 bits per heavy atom. The van der Waals surface area contributed by atoms with Gasteiger partial charge < -0.3 is 4.90 Å². The minimum absolute atomic E-state index is 0.803. The van der Waals surface area contributed by atoms with Gasteiger partial charge in [0.2, 0.25) is 6.08 Å². The minimum Gasteiger partial charge on any atom is -0.306 e. The van der Waals surface area contributed by atoms with Crippen molar-refractivity contribution in [1.29, 1.82) is 0 Å². The molecule has 0 aliphatic carbocycles. The zero-order valence-electron chi connectivity index (χ0n) is 9.59. The molecule has 1 aliphatic heterocycles. The summed E-state index contributed by atoms with van der Waals surface area (Å²) in [5.74, 6) is 0. The summed E-state index contributed by atoms with van der Waals surface area (Å²) in [6, 6.07) is 0. The SMILES string of the molecule is CC(C)I.CN1CCCC1.CN=C=O. The predicted octanol–water partition coefficient (Wildman–Crippen LogP) is 2.49. The highest BCUT2D eigenvalue weighted by Gasteiger charge is 2.03. The zero-order chi connectivity index (χ0) is 11.4. The van der Waals surface area contributed by atoms with Gasteiger partial charge in [0.1, 0.15) is 0 Å². The van der Waals surface area contributed by atoms with E-state index in [2.05, 4.69) is 53.4 Å². The second-order valence-corrected chi connectivity index (χ2v) is 5.83. The second kappa shape index (κ2) is 13.1. The second-order valence-electron chi connectivity index (χ2n) is 3.34. The first-order valence-electron chi connectivity index (χ1n) is 4.83. The van der Waals surface area contributed by atoms with Crippen molar-refractivity contribution >= 4 is 28.7 Å². The summed E-state index contributed by atoms with van der Waals surface area (Å²) >= 11 is 2.34. The van der Waals surface area contributed by atoms with Crippen LogP contribution in [0.15, 0.2) is 4.99 Å². The molecular weight excluding hydrogens is 291 g/mol.